The highest BCUT2D eigenvalue weighted by atomic mass is 35.5. The van der Waals surface area contributed by atoms with E-state index in [4.69, 9.17) is 16.3 Å². The number of anilines is 1. The van der Waals surface area contributed by atoms with Gasteiger partial charge in [0.1, 0.15) is 5.75 Å². The van der Waals surface area contributed by atoms with Crippen molar-refractivity contribution in [3.8, 4) is 5.75 Å². The van der Waals surface area contributed by atoms with E-state index in [1.165, 1.54) is 0 Å². The summed E-state index contributed by atoms with van der Waals surface area (Å²) < 4.78 is 5.18. The molecule has 122 valence electrons. The molecule has 5 heteroatoms. The van der Waals surface area contributed by atoms with Gasteiger partial charge in [0.2, 0.25) is 5.91 Å². The van der Waals surface area contributed by atoms with Crippen LogP contribution in [-0.4, -0.2) is 26.1 Å². The number of ether oxygens (including phenoxy) is 1. The van der Waals surface area contributed by atoms with Gasteiger partial charge < -0.3 is 15.4 Å². The van der Waals surface area contributed by atoms with E-state index >= 15 is 0 Å². The summed E-state index contributed by atoms with van der Waals surface area (Å²) in [5, 5.41) is 6.78. The minimum Gasteiger partial charge on any atom is -0.497 e. The number of rotatable bonds is 8. The van der Waals surface area contributed by atoms with E-state index in [2.05, 4.69) is 10.6 Å². The number of carbonyl (C=O) groups is 1. The molecule has 0 bridgehead atoms. The number of hydrogen-bond donors (Lipinski definition) is 2. The number of hydrogen-bond acceptors (Lipinski definition) is 3. The zero-order valence-electron chi connectivity index (χ0n) is 13.1. The molecule has 2 aromatic carbocycles. The molecule has 1 amide bonds. The minimum absolute atomic E-state index is 0.0300. The first kappa shape index (κ1) is 17.2. The van der Waals surface area contributed by atoms with Gasteiger partial charge >= 0.3 is 0 Å². The highest BCUT2D eigenvalue weighted by Gasteiger charge is 2.02. The molecule has 2 aromatic rings. The van der Waals surface area contributed by atoms with Crippen molar-refractivity contribution in [3.63, 3.8) is 0 Å². The zero-order valence-corrected chi connectivity index (χ0v) is 13.9. The smallest absolute Gasteiger partial charge is 0.221 e. The van der Waals surface area contributed by atoms with Crippen molar-refractivity contribution in [2.75, 3.05) is 25.5 Å². The van der Waals surface area contributed by atoms with Crippen molar-refractivity contribution in [1.29, 1.82) is 0 Å². The Hall–Kier alpha value is -2.20. The average Bonchev–Trinajstić information content (AvgIpc) is 2.55. The minimum atomic E-state index is 0.0300. The number of benzene rings is 2. The highest BCUT2D eigenvalue weighted by molar-refractivity contribution is 6.30. The third-order valence-electron chi connectivity index (χ3n) is 3.38. The van der Waals surface area contributed by atoms with Gasteiger partial charge in [-0.1, -0.05) is 29.8 Å². The summed E-state index contributed by atoms with van der Waals surface area (Å²) in [5.74, 6) is 0.863. The molecule has 0 fully saturated rings. The lowest BCUT2D eigenvalue weighted by molar-refractivity contribution is -0.120. The Morgan fingerprint density at radius 3 is 2.74 bits per heavy atom. The SMILES string of the molecule is COc1cccc(CCNC(=O)CCNc2cccc(Cl)c2)c1. The first-order chi connectivity index (χ1) is 11.2. The molecule has 0 saturated heterocycles. The van der Waals surface area contributed by atoms with E-state index in [1.54, 1.807) is 7.11 Å². The second kappa shape index (κ2) is 9.06. The first-order valence-corrected chi connectivity index (χ1v) is 7.94. The van der Waals surface area contributed by atoms with Gasteiger partial charge in [-0.25, -0.2) is 0 Å². The largest absolute Gasteiger partial charge is 0.497 e. The van der Waals surface area contributed by atoms with Crippen LogP contribution >= 0.6 is 11.6 Å². The van der Waals surface area contributed by atoms with E-state index in [0.29, 0.717) is 24.5 Å². The van der Waals surface area contributed by atoms with E-state index in [0.717, 1.165) is 23.4 Å². The monoisotopic (exact) mass is 332 g/mol. The number of amides is 1. The molecule has 0 aromatic heterocycles. The topological polar surface area (TPSA) is 50.4 Å². The maximum atomic E-state index is 11.8. The predicted molar refractivity (Wildman–Crippen MR) is 94.3 cm³/mol. The molecule has 0 aliphatic rings. The Morgan fingerprint density at radius 1 is 1.13 bits per heavy atom. The second-order valence-electron chi connectivity index (χ2n) is 5.14. The first-order valence-electron chi connectivity index (χ1n) is 7.56. The maximum Gasteiger partial charge on any atom is 0.221 e. The number of nitrogens with one attached hydrogen (secondary N) is 2. The molecule has 0 radical (unpaired) electrons. The van der Waals surface area contributed by atoms with Gasteiger partial charge in [0, 0.05) is 30.2 Å². The molecule has 0 saturated carbocycles. The van der Waals surface area contributed by atoms with Crippen LogP contribution in [0.4, 0.5) is 5.69 Å². The fraction of sp³-hybridized carbons (Fsp3) is 0.278. The second-order valence-corrected chi connectivity index (χ2v) is 5.58. The molecule has 0 spiro atoms. The Kier molecular flexibility index (Phi) is 6.76. The molecule has 4 nitrogen and oxygen atoms in total. The average molecular weight is 333 g/mol. The van der Waals surface area contributed by atoms with Crippen molar-refractivity contribution < 1.29 is 9.53 Å². The maximum absolute atomic E-state index is 11.8. The summed E-state index contributed by atoms with van der Waals surface area (Å²) in [7, 11) is 1.65. The summed E-state index contributed by atoms with van der Waals surface area (Å²) in [4.78, 5) is 11.8. The van der Waals surface area contributed by atoms with E-state index in [-0.39, 0.29) is 5.91 Å². The van der Waals surface area contributed by atoms with E-state index in [1.807, 2.05) is 48.5 Å². The molecular formula is C18H21ClN2O2. The molecule has 0 heterocycles. The van der Waals surface area contributed by atoms with E-state index < -0.39 is 0 Å². The summed E-state index contributed by atoms with van der Waals surface area (Å²) in [6, 6.07) is 15.3. The van der Waals surface area contributed by atoms with Gasteiger partial charge in [-0.05, 0) is 42.3 Å². The Labute approximate surface area is 141 Å². The highest BCUT2D eigenvalue weighted by Crippen LogP contribution is 2.14. The molecule has 0 atom stereocenters. The summed E-state index contributed by atoms with van der Waals surface area (Å²) >= 11 is 5.91. The molecule has 0 unspecified atom stereocenters. The van der Waals surface area contributed by atoms with Crippen LogP contribution in [0.2, 0.25) is 5.02 Å². The van der Waals surface area contributed by atoms with Crippen LogP contribution in [0.3, 0.4) is 0 Å². The third-order valence-corrected chi connectivity index (χ3v) is 3.61. The van der Waals surface area contributed by atoms with Gasteiger partial charge in [-0.15, -0.1) is 0 Å². The van der Waals surface area contributed by atoms with Crippen molar-refractivity contribution >= 4 is 23.2 Å². The Morgan fingerprint density at radius 2 is 1.96 bits per heavy atom. The van der Waals surface area contributed by atoms with Crippen LogP contribution < -0.4 is 15.4 Å². The zero-order chi connectivity index (χ0) is 16.5. The fourth-order valence-electron chi connectivity index (χ4n) is 2.18. The van der Waals surface area contributed by atoms with Crippen LogP contribution in [0, 0.1) is 0 Å². The molecule has 0 aliphatic carbocycles. The van der Waals surface area contributed by atoms with Crippen LogP contribution in [0.15, 0.2) is 48.5 Å². The molecular weight excluding hydrogens is 312 g/mol. The summed E-state index contributed by atoms with van der Waals surface area (Å²) in [5.41, 5.74) is 2.06. The molecule has 0 aliphatic heterocycles. The Balaban J connectivity index is 1.65. The van der Waals surface area contributed by atoms with Crippen LogP contribution in [0.1, 0.15) is 12.0 Å². The summed E-state index contributed by atoms with van der Waals surface area (Å²) in [6.45, 7) is 1.19. The fourth-order valence-corrected chi connectivity index (χ4v) is 2.37. The van der Waals surface area contributed by atoms with Gasteiger partial charge in [-0.3, -0.25) is 4.79 Å². The number of methoxy groups -OCH3 is 1. The van der Waals surface area contributed by atoms with Crippen molar-refractivity contribution in [1.82, 2.24) is 5.32 Å². The van der Waals surface area contributed by atoms with Gasteiger partial charge in [0.15, 0.2) is 0 Å². The van der Waals surface area contributed by atoms with Crippen molar-refractivity contribution in [3.05, 3.63) is 59.1 Å². The lowest BCUT2D eigenvalue weighted by Crippen LogP contribution is -2.27. The Bertz CT molecular complexity index is 646. The van der Waals surface area contributed by atoms with Crippen LogP contribution in [-0.2, 0) is 11.2 Å². The number of halogens is 1. The van der Waals surface area contributed by atoms with Crippen LogP contribution in [0.25, 0.3) is 0 Å². The van der Waals surface area contributed by atoms with Gasteiger partial charge in [0.25, 0.3) is 0 Å². The predicted octanol–water partition coefficient (Wildman–Crippen LogP) is 3.51. The summed E-state index contributed by atoms with van der Waals surface area (Å²) in [6.07, 6.45) is 1.20. The quantitative estimate of drug-likeness (QED) is 0.777. The molecule has 23 heavy (non-hydrogen) atoms. The lowest BCUT2D eigenvalue weighted by Gasteiger charge is -2.08. The van der Waals surface area contributed by atoms with Gasteiger partial charge in [-0.2, -0.15) is 0 Å². The van der Waals surface area contributed by atoms with Crippen molar-refractivity contribution in [2.45, 2.75) is 12.8 Å². The number of carbonyl (C=O) groups excluding carboxylic acids is 1. The standard InChI is InChI=1S/C18H21ClN2O2/c1-23-17-7-2-4-14(12-17)8-10-21-18(22)9-11-20-16-6-3-5-15(19)13-16/h2-7,12-13,20H,8-11H2,1H3,(H,21,22). The normalized spacial score (nSPS) is 10.2. The van der Waals surface area contributed by atoms with E-state index in [9.17, 15) is 4.79 Å². The van der Waals surface area contributed by atoms with Crippen LogP contribution in [0.5, 0.6) is 5.75 Å². The van der Waals surface area contributed by atoms with Gasteiger partial charge in [0.05, 0.1) is 7.11 Å². The third kappa shape index (κ3) is 6.20. The van der Waals surface area contributed by atoms with Crippen molar-refractivity contribution in [2.24, 2.45) is 0 Å². The molecule has 2 rings (SSSR count). The lowest BCUT2D eigenvalue weighted by atomic mass is 10.1. The molecule has 2 N–H and O–H groups in total.